The summed E-state index contributed by atoms with van der Waals surface area (Å²) in [6, 6.07) is 10.2. The summed E-state index contributed by atoms with van der Waals surface area (Å²) < 4.78 is 0. The zero-order chi connectivity index (χ0) is 12.6. The fraction of sp³-hybridized carbons (Fsp3) is 0.533. The quantitative estimate of drug-likeness (QED) is 0.867. The Morgan fingerprint density at radius 1 is 1.32 bits per heavy atom. The Bertz CT molecular complexity index is 441. The highest BCUT2D eigenvalue weighted by Gasteiger charge is 2.51. The summed E-state index contributed by atoms with van der Waals surface area (Å²) in [5, 5.41) is 3.04. The van der Waals surface area contributed by atoms with Gasteiger partial charge in [-0.2, -0.15) is 0 Å². The van der Waals surface area contributed by atoms with Crippen LogP contribution in [0.1, 0.15) is 31.2 Å². The number of benzene rings is 1. The van der Waals surface area contributed by atoms with Crippen LogP contribution < -0.4 is 11.1 Å². The van der Waals surface area contributed by atoms with Crippen LogP contribution in [0.15, 0.2) is 30.3 Å². The molecule has 1 aromatic carbocycles. The highest BCUT2D eigenvalue weighted by Crippen LogP contribution is 2.48. The van der Waals surface area contributed by atoms with E-state index in [-0.39, 0.29) is 29.8 Å². The highest BCUT2D eigenvalue weighted by molar-refractivity contribution is 5.91. The first kappa shape index (κ1) is 14.4. The minimum absolute atomic E-state index is 0. The van der Waals surface area contributed by atoms with Crippen LogP contribution in [0.5, 0.6) is 0 Å². The van der Waals surface area contributed by atoms with Crippen molar-refractivity contribution >= 4 is 18.3 Å². The Hall–Kier alpha value is -1.06. The lowest BCUT2D eigenvalue weighted by atomic mass is 9.95. The third-order valence-corrected chi connectivity index (χ3v) is 4.24. The summed E-state index contributed by atoms with van der Waals surface area (Å²) in [6.07, 6.45) is 4.37. The van der Waals surface area contributed by atoms with Crippen LogP contribution in [0.2, 0.25) is 0 Å². The average molecular weight is 281 g/mol. The predicted octanol–water partition coefficient (Wildman–Crippen LogP) is 1.99. The molecule has 2 fully saturated rings. The summed E-state index contributed by atoms with van der Waals surface area (Å²) in [4.78, 5) is 12.3. The molecule has 4 heteroatoms. The van der Waals surface area contributed by atoms with Gasteiger partial charge in [0.05, 0.1) is 5.41 Å². The molecule has 3 rings (SSSR count). The first-order chi connectivity index (χ1) is 8.72. The topological polar surface area (TPSA) is 55.1 Å². The molecule has 1 unspecified atom stereocenters. The average Bonchev–Trinajstić information content (AvgIpc) is 3.30. The molecule has 1 atom stereocenters. The molecule has 104 valence electrons. The van der Waals surface area contributed by atoms with Gasteiger partial charge >= 0.3 is 0 Å². The van der Waals surface area contributed by atoms with E-state index in [1.165, 1.54) is 12.8 Å². The van der Waals surface area contributed by atoms with E-state index in [1.807, 2.05) is 30.3 Å². The molecule has 0 radical (unpaired) electrons. The van der Waals surface area contributed by atoms with Crippen molar-refractivity contribution in [3.05, 3.63) is 35.9 Å². The molecule has 2 aliphatic carbocycles. The highest BCUT2D eigenvalue weighted by atomic mass is 35.5. The van der Waals surface area contributed by atoms with Crippen molar-refractivity contribution in [2.75, 3.05) is 6.54 Å². The number of hydrogen-bond acceptors (Lipinski definition) is 2. The normalized spacial score (nSPS) is 21.1. The number of hydrogen-bond donors (Lipinski definition) is 2. The number of nitrogens with two attached hydrogens (primary N) is 1. The lowest BCUT2D eigenvalue weighted by Crippen LogP contribution is -2.42. The van der Waals surface area contributed by atoms with Gasteiger partial charge in [0.1, 0.15) is 0 Å². The second-order valence-electron chi connectivity index (χ2n) is 5.66. The van der Waals surface area contributed by atoms with Gasteiger partial charge in [-0.05, 0) is 37.2 Å². The molecule has 1 aromatic rings. The number of amides is 1. The molecule has 0 saturated heterocycles. The van der Waals surface area contributed by atoms with Gasteiger partial charge < -0.3 is 11.1 Å². The first-order valence-electron chi connectivity index (χ1n) is 6.82. The molecule has 2 saturated carbocycles. The molecule has 0 aromatic heterocycles. The lowest BCUT2D eigenvalue weighted by Gasteiger charge is -2.18. The smallest absolute Gasteiger partial charge is 0.230 e. The van der Waals surface area contributed by atoms with Crippen LogP contribution >= 0.6 is 12.4 Å². The van der Waals surface area contributed by atoms with Crippen LogP contribution in [0.3, 0.4) is 0 Å². The summed E-state index contributed by atoms with van der Waals surface area (Å²) in [5.74, 6) is 0.793. The number of carbonyl (C=O) groups excluding carboxylic acids is 1. The number of rotatable bonds is 5. The Balaban J connectivity index is 0.00000133. The third-order valence-electron chi connectivity index (χ3n) is 4.24. The molecule has 3 nitrogen and oxygen atoms in total. The van der Waals surface area contributed by atoms with E-state index in [4.69, 9.17) is 5.73 Å². The molecule has 0 heterocycles. The van der Waals surface area contributed by atoms with Gasteiger partial charge in [0, 0.05) is 12.6 Å². The lowest BCUT2D eigenvalue weighted by molar-refractivity contribution is -0.123. The van der Waals surface area contributed by atoms with Crippen molar-refractivity contribution in [2.45, 2.75) is 37.1 Å². The van der Waals surface area contributed by atoms with Gasteiger partial charge in [0.2, 0.25) is 5.91 Å². The molecule has 3 N–H and O–H groups in total. The monoisotopic (exact) mass is 280 g/mol. The van der Waals surface area contributed by atoms with E-state index in [0.717, 1.165) is 18.4 Å². The van der Waals surface area contributed by atoms with Gasteiger partial charge in [-0.25, -0.2) is 0 Å². The molecule has 19 heavy (non-hydrogen) atoms. The van der Waals surface area contributed by atoms with Crippen LogP contribution in [0.4, 0.5) is 0 Å². The molecular weight excluding hydrogens is 260 g/mol. The maximum absolute atomic E-state index is 12.3. The summed E-state index contributed by atoms with van der Waals surface area (Å²) in [5.41, 5.74) is 6.90. The van der Waals surface area contributed by atoms with Crippen molar-refractivity contribution in [2.24, 2.45) is 11.7 Å². The van der Waals surface area contributed by atoms with Gasteiger partial charge in [0.25, 0.3) is 0 Å². The maximum Gasteiger partial charge on any atom is 0.230 e. The zero-order valence-corrected chi connectivity index (χ0v) is 11.8. The molecular formula is C15H21ClN2O. The molecule has 0 aliphatic heterocycles. The standard InChI is InChI=1S/C15H20N2O.ClH/c16-13(11-6-7-11)10-17-14(18)15(8-9-15)12-4-2-1-3-5-12;/h1-5,11,13H,6-10,16H2,(H,17,18);1H. The Morgan fingerprint density at radius 2 is 1.95 bits per heavy atom. The van der Waals surface area contributed by atoms with Gasteiger partial charge in [0.15, 0.2) is 0 Å². The molecule has 0 bridgehead atoms. The number of halogens is 1. The first-order valence-corrected chi connectivity index (χ1v) is 6.82. The van der Waals surface area contributed by atoms with Crippen molar-refractivity contribution in [1.82, 2.24) is 5.32 Å². The Labute approximate surface area is 120 Å². The third kappa shape index (κ3) is 2.93. The van der Waals surface area contributed by atoms with Gasteiger partial charge in [-0.3, -0.25) is 4.79 Å². The van der Waals surface area contributed by atoms with E-state index >= 15 is 0 Å². The van der Waals surface area contributed by atoms with Gasteiger partial charge in [-0.15, -0.1) is 12.4 Å². The fourth-order valence-corrected chi connectivity index (χ4v) is 2.60. The van der Waals surface area contributed by atoms with E-state index in [9.17, 15) is 4.79 Å². The predicted molar refractivity (Wildman–Crippen MR) is 78.3 cm³/mol. The van der Waals surface area contributed by atoms with E-state index in [1.54, 1.807) is 0 Å². The SMILES string of the molecule is Cl.NC(CNC(=O)C1(c2ccccc2)CC1)C1CC1. The summed E-state index contributed by atoms with van der Waals surface area (Å²) in [7, 11) is 0. The molecule has 2 aliphatic rings. The van der Waals surface area contributed by atoms with Crippen LogP contribution in [0, 0.1) is 5.92 Å². The van der Waals surface area contributed by atoms with Crippen LogP contribution in [-0.4, -0.2) is 18.5 Å². The second kappa shape index (κ2) is 5.51. The van der Waals surface area contributed by atoms with E-state index in [0.29, 0.717) is 12.5 Å². The van der Waals surface area contributed by atoms with E-state index in [2.05, 4.69) is 5.32 Å². The van der Waals surface area contributed by atoms with Crippen LogP contribution in [0.25, 0.3) is 0 Å². The molecule has 1 amide bonds. The van der Waals surface area contributed by atoms with Crippen molar-refractivity contribution in [3.8, 4) is 0 Å². The maximum atomic E-state index is 12.3. The zero-order valence-electron chi connectivity index (χ0n) is 11.0. The van der Waals surface area contributed by atoms with Crippen molar-refractivity contribution in [1.29, 1.82) is 0 Å². The Kier molecular flexibility index (Phi) is 4.16. The number of nitrogens with one attached hydrogen (secondary N) is 1. The largest absolute Gasteiger partial charge is 0.354 e. The summed E-state index contributed by atoms with van der Waals surface area (Å²) in [6.45, 7) is 0.623. The fourth-order valence-electron chi connectivity index (χ4n) is 2.60. The van der Waals surface area contributed by atoms with Crippen molar-refractivity contribution < 1.29 is 4.79 Å². The minimum Gasteiger partial charge on any atom is -0.354 e. The molecule has 0 spiro atoms. The number of carbonyl (C=O) groups is 1. The Morgan fingerprint density at radius 3 is 2.47 bits per heavy atom. The van der Waals surface area contributed by atoms with Crippen molar-refractivity contribution in [3.63, 3.8) is 0 Å². The summed E-state index contributed by atoms with van der Waals surface area (Å²) >= 11 is 0. The van der Waals surface area contributed by atoms with Crippen LogP contribution in [-0.2, 0) is 10.2 Å². The minimum atomic E-state index is -0.259. The van der Waals surface area contributed by atoms with E-state index < -0.39 is 0 Å². The second-order valence-corrected chi connectivity index (χ2v) is 5.66. The van der Waals surface area contributed by atoms with Gasteiger partial charge in [-0.1, -0.05) is 30.3 Å².